The molecule has 0 bridgehead atoms. The van der Waals surface area contributed by atoms with Crippen molar-refractivity contribution in [3.63, 3.8) is 0 Å². The van der Waals surface area contributed by atoms with Crippen LogP contribution in [0.1, 0.15) is 296 Å². The molecular weight excluding hydrogens is 1010 g/mol. The average molecular weight is 1130 g/mol. The van der Waals surface area contributed by atoms with Gasteiger partial charge in [0.15, 0.2) is 12.4 Å². The van der Waals surface area contributed by atoms with Gasteiger partial charge >= 0.3 is 11.9 Å². The van der Waals surface area contributed by atoms with Gasteiger partial charge in [-0.1, -0.05) is 298 Å². The van der Waals surface area contributed by atoms with Gasteiger partial charge in [-0.25, -0.2) is 0 Å². The quantitative estimate of drug-likeness (QED) is 0.0195. The van der Waals surface area contributed by atoms with Crippen LogP contribution in [-0.2, 0) is 33.3 Å². The van der Waals surface area contributed by atoms with Gasteiger partial charge in [0, 0.05) is 12.8 Å². The summed E-state index contributed by atoms with van der Waals surface area (Å²) in [6.07, 6.45) is 80.8. The molecule has 0 N–H and O–H groups in total. The molecule has 2 atom stereocenters. The predicted octanol–water partition coefficient (Wildman–Crippen LogP) is 19.4. The first-order chi connectivity index (χ1) is 39.6. The van der Waals surface area contributed by atoms with Crippen molar-refractivity contribution in [1.29, 1.82) is 0 Å². The molecule has 468 valence electrons. The molecule has 0 aliphatic rings. The van der Waals surface area contributed by atoms with Crippen LogP contribution in [0.3, 0.4) is 0 Å². The summed E-state index contributed by atoms with van der Waals surface area (Å²) in [7, 11) is 5.93. The fourth-order valence-corrected chi connectivity index (χ4v) is 9.52. The highest BCUT2D eigenvalue weighted by Crippen LogP contribution is 2.18. The Morgan fingerprint density at radius 2 is 0.704 bits per heavy atom. The number of carboxylic acids is 1. The zero-order valence-electron chi connectivity index (χ0n) is 53.4. The highest BCUT2D eigenvalue weighted by atomic mass is 16.7. The molecule has 0 saturated heterocycles. The Labute approximate surface area is 500 Å². The number of hydrogen-bond acceptors (Lipinski definition) is 8. The number of unbranched alkanes of at least 4 members (excludes halogenated alkanes) is 33. The van der Waals surface area contributed by atoms with Crippen LogP contribution in [0.2, 0.25) is 0 Å². The minimum absolute atomic E-state index is 0.147. The number of esters is 2. The third-order valence-electron chi connectivity index (χ3n) is 14.7. The summed E-state index contributed by atoms with van der Waals surface area (Å²) in [6.45, 7) is 4.67. The van der Waals surface area contributed by atoms with Crippen LogP contribution in [-0.4, -0.2) is 82.3 Å². The molecular formula is C72H127NO8. The summed E-state index contributed by atoms with van der Waals surface area (Å²) in [5, 5.41) is 11.8. The molecule has 0 aromatic carbocycles. The van der Waals surface area contributed by atoms with Gasteiger partial charge in [-0.05, 0) is 70.6 Å². The van der Waals surface area contributed by atoms with Crippen molar-refractivity contribution in [2.75, 3.05) is 47.5 Å². The maximum atomic E-state index is 12.9. The van der Waals surface area contributed by atoms with E-state index in [1.165, 1.54) is 180 Å². The van der Waals surface area contributed by atoms with E-state index in [2.05, 4.69) is 98.9 Å². The van der Waals surface area contributed by atoms with Crippen LogP contribution in [0.15, 0.2) is 85.1 Å². The fraction of sp³-hybridized carbons (Fsp3) is 0.764. The smallest absolute Gasteiger partial charge is 0.306 e. The van der Waals surface area contributed by atoms with Gasteiger partial charge in [0.05, 0.1) is 40.3 Å². The third-order valence-corrected chi connectivity index (χ3v) is 14.7. The summed E-state index contributed by atoms with van der Waals surface area (Å²) >= 11 is 0. The summed E-state index contributed by atoms with van der Waals surface area (Å²) in [5.74, 6) is -2.27. The summed E-state index contributed by atoms with van der Waals surface area (Å²) in [6, 6.07) is 0. The van der Waals surface area contributed by atoms with Crippen LogP contribution < -0.4 is 5.11 Å². The molecule has 0 heterocycles. The van der Waals surface area contributed by atoms with Crippen molar-refractivity contribution in [1.82, 2.24) is 0 Å². The van der Waals surface area contributed by atoms with Gasteiger partial charge in [-0.2, -0.15) is 0 Å². The Balaban J connectivity index is 4.12. The van der Waals surface area contributed by atoms with E-state index in [9.17, 15) is 19.5 Å². The zero-order valence-corrected chi connectivity index (χ0v) is 53.4. The third kappa shape index (κ3) is 63.9. The molecule has 0 saturated carbocycles. The predicted molar refractivity (Wildman–Crippen MR) is 343 cm³/mol. The molecule has 9 nitrogen and oxygen atoms in total. The first-order valence-electron chi connectivity index (χ1n) is 33.7. The number of carbonyl (C=O) groups is 3. The second kappa shape index (κ2) is 62.5. The van der Waals surface area contributed by atoms with Gasteiger partial charge in [0.2, 0.25) is 0 Å². The number of carbonyl (C=O) groups excluding carboxylic acids is 3. The van der Waals surface area contributed by atoms with E-state index < -0.39 is 24.3 Å². The van der Waals surface area contributed by atoms with E-state index in [4.69, 9.17) is 18.9 Å². The van der Waals surface area contributed by atoms with Crippen molar-refractivity contribution in [3.8, 4) is 0 Å². The van der Waals surface area contributed by atoms with E-state index >= 15 is 0 Å². The lowest BCUT2D eigenvalue weighted by molar-refractivity contribution is -0.870. The summed E-state index contributed by atoms with van der Waals surface area (Å²) < 4.78 is 22.8. The van der Waals surface area contributed by atoms with Gasteiger partial charge < -0.3 is 33.3 Å². The van der Waals surface area contributed by atoms with Gasteiger partial charge in [-0.15, -0.1) is 0 Å². The Kier molecular flexibility index (Phi) is 59.8. The maximum absolute atomic E-state index is 12.9. The molecule has 9 heteroatoms. The van der Waals surface area contributed by atoms with E-state index in [0.717, 1.165) is 83.5 Å². The second-order valence-corrected chi connectivity index (χ2v) is 23.7. The summed E-state index contributed by atoms with van der Waals surface area (Å²) in [4.78, 5) is 37.4. The zero-order chi connectivity index (χ0) is 59.1. The molecule has 0 aliphatic heterocycles. The molecule has 0 amide bonds. The standard InChI is InChI=1S/C72H127NO8/c1-6-8-10-12-14-16-18-20-22-24-26-28-29-30-31-32-33-34-35-36-37-38-39-40-41-43-45-47-49-51-53-55-57-59-61-63-70(75)81-68(67-80-72(71(76)77)78-65-64-73(3,4)5)66-79-69(74)62-60-58-56-54-52-50-48-46-44-42-27-25-23-21-19-17-15-13-11-9-7-2/h8,10,14,16,20,22,26,28,30-31,33-34,36-37,68,72H,6-7,9,11-13,15,17-19,21,23-25,27,29,32,35,38-67H2,1-5H3/b10-8-,16-14-,22-20-,28-26-,31-30-,34-33-,37-36-. The number of rotatable bonds is 62. The monoisotopic (exact) mass is 1130 g/mol. The molecule has 0 fully saturated rings. The largest absolute Gasteiger partial charge is 0.545 e. The highest BCUT2D eigenvalue weighted by Gasteiger charge is 2.22. The minimum atomic E-state index is -1.62. The molecule has 0 aromatic rings. The van der Waals surface area contributed by atoms with Crippen molar-refractivity contribution in [2.24, 2.45) is 0 Å². The minimum Gasteiger partial charge on any atom is -0.545 e. The van der Waals surface area contributed by atoms with Gasteiger partial charge in [0.1, 0.15) is 13.2 Å². The van der Waals surface area contributed by atoms with E-state index in [0.29, 0.717) is 23.9 Å². The number of likely N-dealkylation sites (N-methyl/N-ethyl adjacent to an activating group) is 1. The molecule has 0 spiro atoms. The first-order valence-corrected chi connectivity index (χ1v) is 33.7. The van der Waals surface area contributed by atoms with E-state index in [-0.39, 0.29) is 32.2 Å². The number of nitrogens with zero attached hydrogens (tertiary/aromatic N) is 1. The van der Waals surface area contributed by atoms with Crippen molar-refractivity contribution in [2.45, 2.75) is 309 Å². The van der Waals surface area contributed by atoms with Crippen molar-refractivity contribution >= 4 is 17.9 Å². The van der Waals surface area contributed by atoms with Crippen LogP contribution in [0, 0.1) is 0 Å². The van der Waals surface area contributed by atoms with Crippen molar-refractivity contribution < 1.29 is 42.9 Å². The van der Waals surface area contributed by atoms with Gasteiger partial charge in [-0.3, -0.25) is 9.59 Å². The molecule has 0 aromatic heterocycles. The molecule has 2 unspecified atom stereocenters. The molecule has 0 rings (SSSR count). The van der Waals surface area contributed by atoms with E-state index in [1.54, 1.807) is 0 Å². The highest BCUT2D eigenvalue weighted by molar-refractivity contribution is 5.70. The number of aliphatic carboxylic acids is 1. The molecule has 81 heavy (non-hydrogen) atoms. The van der Waals surface area contributed by atoms with E-state index in [1.807, 2.05) is 21.1 Å². The van der Waals surface area contributed by atoms with Crippen LogP contribution in [0.5, 0.6) is 0 Å². The lowest BCUT2D eigenvalue weighted by Crippen LogP contribution is -2.44. The Bertz CT molecular complexity index is 1600. The topological polar surface area (TPSA) is 111 Å². The molecule has 0 aliphatic carbocycles. The average Bonchev–Trinajstić information content (AvgIpc) is 3.44. The fourth-order valence-electron chi connectivity index (χ4n) is 9.52. The Morgan fingerprint density at radius 1 is 0.383 bits per heavy atom. The Morgan fingerprint density at radius 3 is 1.05 bits per heavy atom. The number of carboxylic acid groups (broad SMARTS) is 1. The second-order valence-electron chi connectivity index (χ2n) is 23.7. The van der Waals surface area contributed by atoms with Crippen LogP contribution in [0.25, 0.3) is 0 Å². The maximum Gasteiger partial charge on any atom is 0.306 e. The van der Waals surface area contributed by atoms with Crippen LogP contribution in [0.4, 0.5) is 0 Å². The SMILES string of the molecule is CC/C=C\C/C=C\C/C=C\C/C=C\C/C=C\C/C=C\C/C=C\CCCCCCCCCCCCCCCC(=O)OC(COC(=O)CCCCCCCCCCCCCCCCCCCCCCC)COC(OCC[N+](C)(C)C)C(=O)[O-]. The number of ether oxygens (including phenoxy) is 4. The Hall–Kier alpha value is -3.53. The van der Waals surface area contributed by atoms with Crippen LogP contribution >= 0.6 is 0 Å². The van der Waals surface area contributed by atoms with Gasteiger partial charge in [0.25, 0.3) is 0 Å². The lowest BCUT2D eigenvalue weighted by Gasteiger charge is -2.26. The first kappa shape index (κ1) is 77.5. The molecule has 0 radical (unpaired) electrons. The summed E-state index contributed by atoms with van der Waals surface area (Å²) in [5.41, 5.74) is 0. The number of hydrogen-bond donors (Lipinski definition) is 0. The van der Waals surface area contributed by atoms with Crippen molar-refractivity contribution in [3.05, 3.63) is 85.1 Å². The number of allylic oxidation sites excluding steroid dienone is 14. The normalized spacial score (nSPS) is 13.2. The number of quaternary nitrogens is 1. The lowest BCUT2D eigenvalue weighted by atomic mass is 10.0.